The van der Waals surface area contributed by atoms with Crippen molar-refractivity contribution in [2.45, 2.75) is 13.8 Å². The van der Waals surface area contributed by atoms with Gasteiger partial charge in [0.15, 0.2) is 0 Å². The molecule has 122 valence electrons. The molecule has 9 heteroatoms. The molecule has 8 nitrogen and oxygen atoms in total. The van der Waals surface area contributed by atoms with Crippen LogP contribution in [0.25, 0.3) is 0 Å². The molecule has 0 saturated carbocycles. The normalized spacial score (nSPS) is 10.7. The number of rotatable bonds is 5. The minimum Gasteiger partial charge on any atom is -0.449 e. The molecule has 2 N–H and O–H groups in total. The van der Waals surface area contributed by atoms with Gasteiger partial charge in [0.2, 0.25) is 10.0 Å². The molecule has 0 unspecified atom stereocenters. The number of hydrogen-bond acceptors (Lipinski definition) is 5. The Balaban J connectivity index is 2.82. The summed E-state index contributed by atoms with van der Waals surface area (Å²) in [5.74, 6) is -0.693. The zero-order valence-corrected chi connectivity index (χ0v) is 13.4. The summed E-state index contributed by atoms with van der Waals surface area (Å²) in [6, 6.07) is 6.78. The third-order valence-electron chi connectivity index (χ3n) is 2.65. The summed E-state index contributed by atoms with van der Waals surface area (Å²) in [6.07, 6.45) is 0.184. The minimum absolute atomic E-state index is 0.153. The van der Waals surface area contributed by atoms with E-state index in [1.165, 1.54) is 0 Å². The standard InChI is InChI=1S/C13H19N3O5S/c1-4-21-13(18)15-14-12(17)9-16(22(3,19)20)11-8-6-5-7-10(11)2/h5-8H,4,9H2,1-3H3,(H,14,17)(H,15,18). The maximum Gasteiger partial charge on any atom is 0.426 e. The fourth-order valence-corrected chi connectivity index (χ4v) is 2.60. The van der Waals surface area contributed by atoms with Crippen LogP contribution in [0.2, 0.25) is 0 Å². The molecule has 1 aromatic carbocycles. The second-order valence-electron chi connectivity index (χ2n) is 4.45. The van der Waals surface area contributed by atoms with Gasteiger partial charge in [0.25, 0.3) is 5.91 Å². The number of benzene rings is 1. The molecule has 0 aliphatic heterocycles. The summed E-state index contributed by atoms with van der Waals surface area (Å²) in [4.78, 5) is 22.9. The Bertz CT molecular complexity index is 645. The molecule has 0 atom stereocenters. The lowest BCUT2D eigenvalue weighted by Gasteiger charge is -2.23. The van der Waals surface area contributed by atoms with Gasteiger partial charge in [-0.2, -0.15) is 0 Å². The highest BCUT2D eigenvalue weighted by Crippen LogP contribution is 2.21. The van der Waals surface area contributed by atoms with Crippen molar-refractivity contribution in [2.24, 2.45) is 0 Å². The van der Waals surface area contributed by atoms with Gasteiger partial charge in [0, 0.05) is 0 Å². The Hall–Kier alpha value is -2.29. The summed E-state index contributed by atoms with van der Waals surface area (Å²) >= 11 is 0. The van der Waals surface area contributed by atoms with Crippen molar-refractivity contribution in [3.05, 3.63) is 29.8 Å². The number of anilines is 1. The van der Waals surface area contributed by atoms with Gasteiger partial charge in [0.1, 0.15) is 6.54 Å². The third-order valence-corrected chi connectivity index (χ3v) is 3.78. The van der Waals surface area contributed by atoms with E-state index < -0.39 is 28.6 Å². The van der Waals surface area contributed by atoms with Gasteiger partial charge in [-0.1, -0.05) is 18.2 Å². The van der Waals surface area contributed by atoms with Gasteiger partial charge in [0.05, 0.1) is 18.6 Å². The molecule has 0 radical (unpaired) electrons. The molecule has 0 spiro atoms. The number of carbonyl (C=O) groups excluding carboxylic acids is 2. The average Bonchev–Trinajstić information content (AvgIpc) is 2.43. The lowest BCUT2D eigenvalue weighted by atomic mass is 10.2. The van der Waals surface area contributed by atoms with E-state index in [2.05, 4.69) is 10.2 Å². The SMILES string of the molecule is CCOC(=O)NNC(=O)CN(c1ccccc1C)S(C)(=O)=O. The number of ether oxygens (including phenoxy) is 1. The van der Waals surface area contributed by atoms with Crippen molar-refractivity contribution in [1.29, 1.82) is 0 Å². The summed E-state index contributed by atoms with van der Waals surface area (Å²) in [6.45, 7) is 3.05. The first-order valence-electron chi connectivity index (χ1n) is 6.50. The van der Waals surface area contributed by atoms with Crippen molar-refractivity contribution in [3.8, 4) is 0 Å². The molecule has 2 amide bonds. The Morgan fingerprint density at radius 3 is 2.41 bits per heavy atom. The fraction of sp³-hybridized carbons (Fsp3) is 0.385. The van der Waals surface area contributed by atoms with Crippen LogP contribution in [-0.2, 0) is 19.6 Å². The molecule has 0 bridgehead atoms. The second-order valence-corrected chi connectivity index (χ2v) is 6.36. The van der Waals surface area contributed by atoms with E-state index in [0.29, 0.717) is 11.3 Å². The highest BCUT2D eigenvalue weighted by molar-refractivity contribution is 7.92. The first-order valence-corrected chi connectivity index (χ1v) is 8.35. The molecule has 1 aromatic rings. The van der Waals surface area contributed by atoms with Crippen LogP contribution in [0.1, 0.15) is 12.5 Å². The van der Waals surface area contributed by atoms with Crippen LogP contribution >= 0.6 is 0 Å². The number of nitrogens with one attached hydrogen (secondary N) is 2. The molecule has 22 heavy (non-hydrogen) atoms. The van der Waals surface area contributed by atoms with E-state index in [4.69, 9.17) is 0 Å². The summed E-state index contributed by atoms with van der Waals surface area (Å²) < 4.78 is 29.3. The largest absolute Gasteiger partial charge is 0.449 e. The van der Waals surface area contributed by atoms with Crippen LogP contribution in [0.4, 0.5) is 10.5 Å². The quantitative estimate of drug-likeness (QED) is 0.767. The van der Waals surface area contributed by atoms with E-state index in [1.807, 2.05) is 5.43 Å². The number of hydrogen-bond donors (Lipinski definition) is 2. The van der Waals surface area contributed by atoms with Gasteiger partial charge in [-0.05, 0) is 25.5 Å². The van der Waals surface area contributed by atoms with Gasteiger partial charge in [-0.3, -0.25) is 14.5 Å². The molecular weight excluding hydrogens is 310 g/mol. The van der Waals surface area contributed by atoms with Crippen molar-refractivity contribution >= 4 is 27.7 Å². The van der Waals surface area contributed by atoms with Crippen molar-refractivity contribution in [3.63, 3.8) is 0 Å². The van der Waals surface area contributed by atoms with Crippen LogP contribution in [-0.4, -0.2) is 39.8 Å². The van der Waals surface area contributed by atoms with Crippen molar-refractivity contribution < 1.29 is 22.7 Å². The molecule has 0 aliphatic carbocycles. The zero-order valence-electron chi connectivity index (χ0n) is 12.6. The van der Waals surface area contributed by atoms with Gasteiger partial charge in [-0.15, -0.1) is 0 Å². The van der Waals surface area contributed by atoms with Gasteiger partial charge >= 0.3 is 6.09 Å². The van der Waals surface area contributed by atoms with Crippen LogP contribution < -0.4 is 15.2 Å². The first kappa shape index (κ1) is 17.8. The number of amides is 2. The maximum absolute atomic E-state index is 11.9. The number of carbonyl (C=O) groups is 2. The third kappa shape index (κ3) is 5.24. The average molecular weight is 329 g/mol. The monoisotopic (exact) mass is 329 g/mol. The summed E-state index contributed by atoms with van der Waals surface area (Å²) in [7, 11) is -3.66. The topological polar surface area (TPSA) is 105 Å². The molecule has 0 aliphatic rings. The lowest BCUT2D eigenvalue weighted by molar-refractivity contribution is -0.120. The van der Waals surface area contributed by atoms with E-state index >= 15 is 0 Å². The minimum atomic E-state index is -3.66. The van der Waals surface area contributed by atoms with Gasteiger partial charge in [-0.25, -0.2) is 18.6 Å². The smallest absolute Gasteiger partial charge is 0.426 e. The Labute approximate surface area is 129 Å². The lowest BCUT2D eigenvalue weighted by Crippen LogP contribution is -2.47. The van der Waals surface area contributed by atoms with Crippen molar-refractivity contribution in [2.75, 3.05) is 23.7 Å². The number of aryl methyl sites for hydroxylation is 1. The van der Waals surface area contributed by atoms with Crippen molar-refractivity contribution in [1.82, 2.24) is 10.9 Å². The fourth-order valence-electron chi connectivity index (χ4n) is 1.68. The number of sulfonamides is 1. The molecule has 1 rings (SSSR count). The van der Waals surface area contributed by atoms with Crippen LogP contribution in [0.3, 0.4) is 0 Å². The Morgan fingerprint density at radius 1 is 1.23 bits per heavy atom. The van der Waals surface area contributed by atoms with Crippen LogP contribution in [0, 0.1) is 6.92 Å². The molecule has 0 heterocycles. The predicted molar refractivity (Wildman–Crippen MR) is 81.7 cm³/mol. The molecule has 0 aromatic heterocycles. The number of nitrogens with zero attached hydrogens (tertiary/aromatic N) is 1. The van der Waals surface area contributed by atoms with Crippen LogP contribution in [0.15, 0.2) is 24.3 Å². The number of hydrazine groups is 1. The number of para-hydroxylation sites is 1. The molecule has 0 saturated heterocycles. The van der Waals surface area contributed by atoms with E-state index in [1.54, 1.807) is 38.1 Å². The Kier molecular flexibility index (Phi) is 6.17. The zero-order chi connectivity index (χ0) is 16.8. The maximum atomic E-state index is 11.9. The highest BCUT2D eigenvalue weighted by Gasteiger charge is 2.22. The Morgan fingerprint density at radius 2 is 1.86 bits per heavy atom. The predicted octanol–water partition coefficient (Wildman–Crippen LogP) is 0.538. The highest BCUT2D eigenvalue weighted by atomic mass is 32.2. The van der Waals surface area contributed by atoms with Crippen LogP contribution in [0.5, 0.6) is 0 Å². The van der Waals surface area contributed by atoms with E-state index in [0.717, 1.165) is 10.6 Å². The molecular formula is C13H19N3O5S. The first-order chi connectivity index (χ1) is 10.3. The summed E-state index contributed by atoms with van der Waals surface area (Å²) in [5, 5.41) is 0. The summed E-state index contributed by atoms with van der Waals surface area (Å²) in [5.41, 5.74) is 5.22. The van der Waals surface area contributed by atoms with Gasteiger partial charge < -0.3 is 4.74 Å². The second kappa shape index (κ2) is 7.64. The van der Waals surface area contributed by atoms with E-state index in [9.17, 15) is 18.0 Å². The van der Waals surface area contributed by atoms with E-state index in [-0.39, 0.29) is 6.61 Å². The molecule has 0 fully saturated rings.